The molecule has 0 unspecified atom stereocenters. The fraction of sp³-hybridized carbons (Fsp3) is 0.351. The summed E-state index contributed by atoms with van der Waals surface area (Å²) in [5.74, 6) is -0.135. The SMILES string of the molecule is CCC/C(=C\c1cc(I)c(O)c(OC)c1)CC[C@H]1OB(O)C[C@H]2C1=C(COc1ccccc1)C[C@H]1C(=O)c3ccccc3C(=O)[C@H]12. The summed E-state index contributed by atoms with van der Waals surface area (Å²) in [5, 5.41) is 21.4. The Morgan fingerprint density at radius 3 is 2.46 bits per heavy atom. The average molecular weight is 732 g/mol. The van der Waals surface area contributed by atoms with E-state index < -0.39 is 25.1 Å². The van der Waals surface area contributed by atoms with Crippen LogP contribution >= 0.6 is 22.6 Å². The number of hydrogen-bond donors (Lipinski definition) is 2. The van der Waals surface area contributed by atoms with Crippen LogP contribution in [0.15, 0.2) is 83.4 Å². The number of allylic oxidation sites excluding steroid dienone is 1. The summed E-state index contributed by atoms with van der Waals surface area (Å²) >= 11 is 2.10. The van der Waals surface area contributed by atoms with E-state index in [4.69, 9.17) is 14.1 Å². The summed E-state index contributed by atoms with van der Waals surface area (Å²) in [5.41, 5.74) is 5.08. The van der Waals surface area contributed by atoms with E-state index in [2.05, 4.69) is 35.6 Å². The van der Waals surface area contributed by atoms with Gasteiger partial charge in [-0.05, 0) is 101 Å². The Morgan fingerprint density at radius 1 is 1.02 bits per heavy atom. The number of ketones is 2. The van der Waals surface area contributed by atoms with E-state index in [1.54, 1.807) is 31.4 Å². The van der Waals surface area contributed by atoms with Gasteiger partial charge in [-0.25, -0.2) is 0 Å². The van der Waals surface area contributed by atoms with Crippen LogP contribution in [-0.2, 0) is 4.65 Å². The van der Waals surface area contributed by atoms with Gasteiger partial charge >= 0.3 is 7.12 Å². The predicted octanol–water partition coefficient (Wildman–Crippen LogP) is 7.56. The number of aromatic hydroxyl groups is 1. The highest BCUT2D eigenvalue weighted by atomic mass is 127. The highest BCUT2D eigenvalue weighted by molar-refractivity contribution is 14.1. The minimum absolute atomic E-state index is 0.0129. The van der Waals surface area contributed by atoms with Crippen molar-refractivity contribution in [1.29, 1.82) is 0 Å². The molecule has 1 aliphatic heterocycles. The van der Waals surface area contributed by atoms with Crippen LogP contribution in [0.5, 0.6) is 17.2 Å². The minimum atomic E-state index is -1.05. The number of carbonyl (C=O) groups is 2. The lowest BCUT2D eigenvalue weighted by atomic mass is 9.54. The van der Waals surface area contributed by atoms with E-state index in [1.807, 2.05) is 42.5 Å². The number of hydrogen-bond acceptors (Lipinski definition) is 7. The Labute approximate surface area is 283 Å². The second-order valence-electron chi connectivity index (χ2n) is 12.3. The number of Topliss-reactive ketones (excluding diaryl/α,β-unsaturated/α-hetero) is 2. The zero-order valence-electron chi connectivity index (χ0n) is 26.1. The van der Waals surface area contributed by atoms with E-state index in [0.29, 0.717) is 39.7 Å². The minimum Gasteiger partial charge on any atom is -0.504 e. The third-order valence-electron chi connectivity index (χ3n) is 9.46. The first-order valence-corrected chi connectivity index (χ1v) is 17.0. The number of halogens is 1. The lowest BCUT2D eigenvalue weighted by molar-refractivity contribution is 0.0592. The molecule has 0 spiro atoms. The van der Waals surface area contributed by atoms with Crippen molar-refractivity contribution in [1.82, 2.24) is 0 Å². The van der Waals surface area contributed by atoms with E-state index in [0.717, 1.165) is 35.3 Å². The number of fused-ring (bicyclic) bond motifs is 4. The molecule has 1 saturated heterocycles. The largest absolute Gasteiger partial charge is 0.504 e. The van der Waals surface area contributed by atoms with Crippen LogP contribution in [0.4, 0.5) is 0 Å². The standard InChI is InChI=1S/C37H38BIO7/c1-3-9-22(16-23-17-30(39)37(42)32(18-23)44-2)14-15-31-33-24(21-45-25-10-5-4-6-11-25)19-28-34(29(33)20-38(43)46-31)36(41)27-13-8-7-12-26(27)35(28)40/h4-8,10-13,16-18,28-29,31,34,42-43H,3,9,14-15,19-21H2,1-2H3/b22-16+/t28-,29+,31-,34-/m1/s1. The van der Waals surface area contributed by atoms with Gasteiger partial charge in [0.2, 0.25) is 0 Å². The first kappa shape index (κ1) is 32.5. The van der Waals surface area contributed by atoms with Gasteiger partial charge in [0.15, 0.2) is 23.1 Å². The molecule has 2 aliphatic carbocycles. The van der Waals surface area contributed by atoms with E-state index in [-0.39, 0.29) is 36.2 Å². The summed E-state index contributed by atoms with van der Waals surface area (Å²) in [6.07, 6.45) is 5.51. The number of phenolic OH excluding ortho intramolecular Hbond substituents is 1. The van der Waals surface area contributed by atoms with Gasteiger partial charge in [0, 0.05) is 23.0 Å². The quantitative estimate of drug-likeness (QED) is 0.126. The van der Waals surface area contributed by atoms with Crippen molar-refractivity contribution in [2.24, 2.45) is 17.8 Å². The summed E-state index contributed by atoms with van der Waals surface area (Å²) in [6, 6.07) is 20.4. The third kappa shape index (κ3) is 6.55. The molecular formula is C37H38BIO7. The molecular weight excluding hydrogens is 694 g/mol. The zero-order chi connectivity index (χ0) is 32.4. The van der Waals surface area contributed by atoms with Gasteiger partial charge in [-0.15, -0.1) is 0 Å². The fourth-order valence-corrected chi connectivity index (χ4v) is 8.09. The Bertz CT molecular complexity index is 1680. The van der Waals surface area contributed by atoms with Crippen LogP contribution < -0.4 is 9.47 Å². The summed E-state index contributed by atoms with van der Waals surface area (Å²) in [7, 11) is 0.494. The molecule has 0 amide bonds. The molecule has 0 aromatic heterocycles. The maximum atomic E-state index is 14.0. The van der Waals surface area contributed by atoms with Crippen molar-refractivity contribution < 1.29 is 33.8 Å². The first-order valence-electron chi connectivity index (χ1n) is 16.0. The number of benzene rings is 3. The summed E-state index contributed by atoms with van der Waals surface area (Å²) in [4.78, 5) is 27.9. The zero-order valence-corrected chi connectivity index (χ0v) is 28.2. The smallest absolute Gasteiger partial charge is 0.455 e. The van der Waals surface area contributed by atoms with Gasteiger partial charge in [0.25, 0.3) is 0 Å². The van der Waals surface area contributed by atoms with Crippen molar-refractivity contribution in [3.05, 3.63) is 104 Å². The van der Waals surface area contributed by atoms with Crippen molar-refractivity contribution in [2.45, 2.75) is 51.5 Å². The number of carbonyl (C=O) groups excluding carboxylic acids is 2. The molecule has 0 radical (unpaired) electrons. The van der Waals surface area contributed by atoms with Gasteiger partial charge in [0.1, 0.15) is 12.4 Å². The summed E-state index contributed by atoms with van der Waals surface area (Å²) < 4.78 is 18.6. The molecule has 7 nitrogen and oxygen atoms in total. The molecule has 9 heteroatoms. The topological polar surface area (TPSA) is 102 Å². The van der Waals surface area contributed by atoms with Gasteiger partial charge < -0.3 is 24.3 Å². The molecule has 1 fully saturated rings. The van der Waals surface area contributed by atoms with Crippen LogP contribution in [0, 0.1) is 21.3 Å². The van der Waals surface area contributed by atoms with Crippen LogP contribution in [0.1, 0.15) is 65.3 Å². The molecule has 0 bridgehead atoms. The lowest BCUT2D eigenvalue weighted by Gasteiger charge is -2.47. The van der Waals surface area contributed by atoms with Gasteiger partial charge in [-0.2, -0.15) is 0 Å². The second-order valence-corrected chi connectivity index (χ2v) is 13.5. The molecule has 0 saturated carbocycles. The van der Waals surface area contributed by atoms with Crippen LogP contribution in [-0.4, -0.2) is 48.6 Å². The highest BCUT2D eigenvalue weighted by Crippen LogP contribution is 2.51. The van der Waals surface area contributed by atoms with Gasteiger partial charge in [0.05, 0.1) is 16.8 Å². The van der Waals surface area contributed by atoms with Crippen molar-refractivity contribution in [2.75, 3.05) is 13.7 Å². The van der Waals surface area contributed by atoms with E-state index >= 15 is 0 Å². The molecule has 3 aromatic rings. The Kier molecular flexibility index (Phi) is 10.0. The highest BCUT2D eigenvalue weighted by Gasteiger charge is 2.53. The second kappa shape index (κ2) is 14.2. The Hall–Kier alpha value is -3.41. The Balaban J connectivity index is 1.35. The van der Waals surface area contributed by atoms with Gasteiger partial charge in [-0.1, -0.05) is 67.5 Å². The lowest BCUT2D eigenvalue weighted by Crippen LogP contribution is -2.51. The van der Waals surface area contributed by atoms with Crippen molar-refractivity contribution >= 4 is 47.4 Å². The number of ether oxygens (including phenoxy) is 2. The number of para-hydroxylation sites is 1. The summed E-state index contributed by atoms with van der Waals surface area (Å²) in [6.45, 7) is 2.42. The monoisotopic (exact) mass is 732 g/mol. The van der Waals surface area contributed by atoms with Crippen LogP contribution in [0.2, 0.25) is 6.32 Å². The normalized spacial score (nSPS) is 22.7. The molecule has 4 atom stereocenters. The van der Waals surface area contributed by atoms with Crippen LogP contribution in [0.3, 0.4) is 0 Å². The first-order chi connectivity index (χ1) is 22.3. The molecule has 238 valence electrons. The molecule has 6 rings (SSSR count). The van der Waals surface area contributed by atoms with E-state index in [1.165, 1.54) is 5.57 Å². The van der Waals surface area contributed by atoms with E-state index in [9.17, 15) is 19.7 Å². The third-order valence-corrected chi connectivity index (χ3v) is 10.3. The molecule has 3 aromatic carbocycles. The fourth-order valence-electron chi connectivity index (χ4n) is 7.46. The predicted molar refractivity (Wildman–Crippen MR) is 186 cm³/mol. The molecule has 46 heavy (non-hydrogen) atoms. The Morgan fingerprint density at radius 2 is 1.74 bits per heavy atom. The van der Waals surface area contributed by atoms with Crippen molar-refractivity contribution in [3.8, 4) is 17.2 Å². The van der Waals surface area contributed by atoms with Gasteiger partial charge in [-0.3, -0.25) is 9.59 Å². The molecule has 2 N–H and O–H groups in total. The number of rotatable bonds is 10. The molecule has 1 heterocycles. The van der Waals surface area contributed by atoms with Crippen LogP contribution in [0.25, 0.3) is 6.08 Å². The number of phenols is 1. The number of methoxy groups -OCH3 is 1. The maximum absolute atomic E-state index is 14.0. The average Bonchev–Trinajstić information content (AvgIpc) is 3.06. The maximum Gasteiger partial charge on any atom is 0.455 e. The van der Waals surface area contributed by atoms with Crippen molar-refractivity contribution in [3.63, 3.8) is 0 Å². The molecule has 3 aliphatic rings.